The minimum atomic E-state index is -0.580. The molecule has 0 saturated carbocycles. The molecule has 2 aromatic rings. The van der Waals surface area contributed by atoms with Crippen LogP contribution in [0.15, 0.2) is 36.5 Å². The molecule has 18 heavy (non-hydrogen) atoms. The van der Waals surface area contributed by atoms with E-state index in [0.717, 1.165) is 42.3 Å². The summed E-state index contributed by atoms with van der Waals surface area (Å²) in [6, 6.07) is 9.85. The van der Waals surface area contributed by atoms with Gasteiger partial charge in [-0.3, -0.25) is 4.98 Å². The van der Waals surface area contributed by atoms with E-state index in [-0.39, 0.29) is 6.10 Å². The average molecular weight is 243 g/mol. The van der Waals surface area contributed by atoms with Gasteiger partial charge in [0.15, 0.2) is 0 Å². The van der Waals surface area contributed by atoms with Crippen LogP contribution in [0.4, 0.5) is 0 Å². The molecule has 0 amide bonds. The highest BCUT2D eigenvalue weighted by Crippen LogP contribution is 2.29. The Morgan fingerprint density at radius 2 is 2.11 bits per heavy atom. The van der Waals surface area contributed by atoms with Crippen LogP contribution in [0.5, 0.6) is 0 Å². The van der Waals surface area contributed by atoms with Crippen LogP contribution in [0, 0.1) is 0 Å². The van der Waals surface area contributed by atoms with Gasteiger partial charge in [0.25, 0.3) is 0 Å². The topological polar surface area (TPSA) is 42.4 Å². The molecule has 2 atom stereocenters. The van der Waals surface area contributed by atoms with Crippen molar-refractivity contribution >= 4 is 10.9 Å². The summed E-state index contributed by atoms with van der Waals surface area (Å²) in [6.07, 6.45) is 4.23. The molecule has 1 aliphatic rings. The molecule has 94 valence electrons. The number of aliphatic hydroxyl groups is 1. The molecule has 0 radical (unpaired) electrons. The Morgan fingerprint density at radius 3 is 2.94 bits per heavy atom. The summed E-state index contributed by atoms with van der Waals surface area (Å²) in [5.74, 6) is 0. The van der Waals surface area contributed by atoms with Gasteiger partial charge in [-0.25, -0.2) is 0 Å². The van der Waals surface area contributed by atoms with Gasteiger partial charge >= 0.3 is 0 Å². The molecule has 1 aromatic carbocycles. The van der Waals surface area contributed by atoms with Crippen molar-refractivity contribution in [1.82, 2.24) is 4.98 Å². The second-order valence-electron chi connectivity index (χ2n) is 4.77. The minimum absolute atomic E-state index is 0.0913. The second-order valence-corrected chi connectivity index (χ2v) is 4.77. The van der Waals surface area contributed by atoms with Gasteiger partial charge in [-0.1, -0.05) is 24.3 Å². The van der Waals surface area contributed by atoms with Crippen LogP contribution in [0.25, 0.3) is 10.9 Å². The molecular formula is C15H17NO2. The van der Waals surface area contributed by atoms with Crippen LogP contribution in [0.1, 0.15) is 30.9 Å². The fraction of sp³-hybridized carbons (Fsp3) is 0.400. The van der Waals surface area contributed by atoms with E-state index in [2.05, 4.69) is 4.98 Å². The van der Waals surface area contributed by atoms with Crippen LogP contribution in [-0.2, 0) is 4.74 Å². The van der Waals surface area contributed by atoms with Crippen molar-refractivity contribution in [1.29, 1.82) is 0 Å². The highest BCUT2D eigenvalue weighted by Gasteiger charge is 2.25. The zero-order valence-corrected chi connectivity index (χ0v) is 10.2. The van der Waals surface area contributed by atoms with E-state index in [1.165, 1.54) is 0 Å². The van der Waals surface area contributed by atoms with E-state index in [0.29, 0.717) is 0 Å². The predicted octanol–water partition coefficient (Wildman–Crippen LogP) is 2.84. The number of hydrogen-bond acceptors (Lipinski definition) is 3. The minimum Gasteiger partial charge on any atom is -0.386 e. The van der Waals surface area contributed by atoms with Gasteiger partial charge in [-0.2, -0.15) is 0 Å². The molecule has 1 saturated heterocycles. The predicted molar refractivity (Wildman–Crippen MR) is 70.3 cm³/mol. The monoisotopic (exact) mass is 243 g/mol. The van der Waals surface area contributed by atoms with E-state index in [4.69, 9.17) is 4.74 Å². The van der Waals surface area contributed by atoms with Gasteiger partial charge in [0.1, 0.15) is 6.10 Å². The Bertz CT molecular complexity index is 530. The largest absolute Gasteiger partial charge is 0.386 e. The number of fused-ring (bicyclic) bond motifs is 1. The summed E-state index contributed by atoms with van der Waals surface area (Å²) >= 11 is 0. The van der Waals surface area contributed by atoms with Crippen molar-refractivity contribution in [2.75, 3.05) is 6.61 Å². The number of nitrogens with zero attached hydrogens (tertiary/aromatic N) is 1. The Labute approximate surface area is 106 Å². The first-order valence-electron chi connectivity index (χ1n) is 6.49. The van der Waals surface area contributed by atoms with E-state index in [1.807, 2.05) is 30.3 Å². The summed E-state index contributed by atoms with van der Waals surface area (Å²) in [4.78, 5) is 4.38. The molecule has 3 rings (SSSR count). The van der Waals surface area contributed by atoms with Gasteiger partial charge in [-0.15, -0.1) is 0 Å². The molecule has 3 heteroatoms. The smallest absolute Gasteiger partial charge is 0.107 e. The Hall–Kier alpha value is -1.45. The highest BCUT2D eigenvalue weighted by atomic mass is 16.5. The first kappa shape index (κ1) is 11.6. The molecule has 1 aromatic heterocycles. The number of para-hydroxylation sites is 1. The maximum Gasteiger partial charge on any atom is 0.107 e. The second kappa shape index (κ2) is 5.04. The van der Waals surface area contributed by atoms with Crippen LogP contribution < -0.4 is 0 Å². The lowest BCUT2D eigenvalue weighted by Gasteiger charge is -2.27. The van der Waals surface area contributed by atoms with Crippen LogP contribution in [-0.4, -0.2) is 22.8 Å². The summed E-state index contributed by atoms with van der Waals surface area (Å²) < 4.78 is 5.67. The molecule has 0 spiro atoms. The fourth-order valence-corrected chi connectivity index (χ4v) is 2.58. The number of rotatable bonds is 2. The van der Waals surface area contributed by atoms with Crippen molar-refractivity contribution in [3.63, 3.8) is 0 Å². The maximum atomic E-state index is 10.5. The molecule has 0 aliphatic carbocycles. The third-order valence-corrected chi connectivity index (χ3v) is 3.55. The van der Waals surface area contributed by atoms with Crippen LogP contribution in [0.2, 0.25) is 0 Å². The van der Waals surface area contributed by atoms with Gasteiger partial charge in [0, 0.05) is 23.8 Å². The number of hydrogen-bond donors (Lipinski definition) is 1. The number of pyridine rings is 1. The van der Waals surface area contributed by atoms with E-state index >= 15 is 0 Å². The number of benzene rings is 1. The summed E-state index contributed by atoms with van der Waals surface area (Å²) in [7, 11) is 0. The van der Waals surface area contributed by atoms with Crippen molar-refractivity contribution in [3.8, 4) is 0 Å². The van der Waals surface area contributed by atoms with Crippen molar-refractivity contribution < 1.29 is 9.84 Å². The number of aliphatic hydroxyl groups excluding tert-OH is 1. The molecular weight excluding hydrogens is 226 g/mol. The Kier molecular flexibility index (Phi) is 3.26. The third-order valence-electron chi connectivity index (χ3n) is 3.55. The number of ether oxygens (including phenoxy) is 1. The number of aromatic nitrogens is 1. The van der Waals surface area contributed by atoms with Crippen molar-refractivity contribution in [2.24, 2.45) is 0 Å². The van der Waals surface area contributed by atoms with Gasteiger partial charge < -0.3 is 9.84 Å². The van der Waals surface area contributed by atoms with Crippen molar-refractivity contribution in [3.05, 3.63) is 42.1 Å². The Morgan fingerprint density at radius 1 is 1.22 bits per heavy atom. The fourth-order valence-electron chi connectivity index (χ4n) is 2.58. The zero-order valence-electron chi connectivity index (χ0n) is 10.2. The lowest BCUT2D eigenvalue weighted by molar-refractivity contribution is -0.0628. The standard InChI is InChI=1S/C15H17NO2/c17-15(13-8-1-2-10-18-13)12-7-3-5-11-6-4-9-16-14(11)12/h3-7,9,13,15,17H,1-2,8,10H2. The first-order valence-corrected chi connectivity index (χ1v) is 6.49. The summed E-state index contributed by atoms with van der Waals surface area (Å²) in [5, 5.41) is 11.5. The average Bonchev–Trinajstić information content (AvgIpc) is 2.47. The van der Waals surface area contributed by atoms with Gasteiger partial charge in [0.2, 0.25) is 0 Å². The van der Waals surface area contributed by atoms with Gasteiger partial charge in [-0.05, 0) is 25.3 Å². The molecule has 1 aliphatic heterocycles. The lowest BCUT2D eigenvalue weighted by atomic mass is 9.96. The molecule has 2 heterocycles. The maximum absolute atomic E-state index is 10.5. The molecule has 0 bridgehead atoms. The van der Waals surface area contributed by atoms with E-state index in [1.54, 1.807) is 6.20 Å². The summed E-state index contributed by atoms with van der Waals surface area (Å²) in [6.45, 7) is 0.750. The van der Waals surface area contributed by atoms with E-state index in [9.17, 15) is 5.11 Å². The van der Waals surface area contributed by atoms with Crippen LogP contribution in [0.3, 0.4) is 0 Å². The SMILES string of the molecule is OC(c1cccc2cccnc12)C1CCCCO1. The molecule has 1 N–H and O–H groups in total. The lowest BCUT2D eigenvalue weighted by Crippen LogP contribution is -2.26. The Balaban J connectivity index is 1.97. The third kappa shape index (κ3) is 2.11. The van der Waals surface area contributed by atoms with E-state index < -0.39 is 6.10 Å². The quantitative estimate of drug-likeness (QED) is 0.882. The molecule has 1 fully saturated rings. The summed E-state index contributed by atoms with van der Waals surface area (Å²) in [5.41, 5.74) is 1.75. The normalized spacial score (nSPS) is 21.9. The first-order chi connectivity index (χ1) is 8.86. The molecule has 3 nitrogen and oxygen atoms in total. The van der Waals surface area contributed by atoms with Crippen LogP contribution >= 0.6 is 0 Å². The van der Waals surface area contributed by atoms with Crippen molar-refractivity contribution in [2.45, 2.75) is 31.5 Å². The highest BCUT2D eigenvalue weighted by molar-refractivity contribution is 5.81. The molecule has 2 unspecified atom stereocenters. The van der Waals surface area contributed by atoms with Gasteiger partial charge in [0.05, 0.1) is 11.6 Å². The zero-order chi connectivity index (χ0) is 12.4.